The van der Waals surface area contributed by atoms with Crippen molar-refractivity contribution in [1.82, 2.24) is 10.3 Å². The molecule has 1 atom stereocenters. The predicted octanol–water partition coefficient (Wildman–Crippen LogP) is 4.46. The minimum Gasteiger partial charge on any atom is -0.348 e. The van der Waals surface area contributed by atoms with E-state index in [1.54, 1.807) is 0 Å². The molecule has 1 unspecified atom stereocenters. The molecule has 0 spiro atoms. The number of fused-ring (bicyclic) bond motifs is 1. The molecule has 1 aromatic heterocycles. The van der Waals surface area contributed by atoms with Gasteiger partial charge in [0.15, 0.2) is 0 Å². The topological polar surface area (TPSA) is 71.1 Å². The zero-order valence-electron chi connectivity index (χ0n) is 16.5. The summed E-state index contributed by atoms with van der Waals surface area (Å²) < 4.78 is 0. The van der Waals surface area contributed by atoms with Crippen molar-refractivity contribution in [2.45, 2.75) is 33.7 Å². The lowest BCUT2D eigenvalue weighted by Gasteiger charge is -2.12. The van der Waals surface area contributed by atoms with Crippen LogP contribution in [0.1, 0.15) is 41.9 Å². The van der Waals surface area contributed by atoms with Crippen LogP contribution in [0.15, 0.2) is 54.6 Å². The lowest BCUT2D eigenvalue weighted by Crippen LogP contribution is -2.24. The van der Waals surface area contributed by atoms with Gasteiger partial charge in [0.25, 0.3) is 5.91 Å². The van der Waals surface area contributed by atoms with Gasteiger partial charge in [-0.1, -0.05) is 44.2 Å². The molecule has 2 N–H and O–H groups in total. The molecule has 3 rings (SSSR count). The zero-order chi connectivity index (χ0) is 20.1. The molecule has 5 nitrogen and oxygen atoms in total. The van der Waals surface area contributed by atoms with Gasteiger partial charge in [0.05, 0.1) is 16.8 Å². The van der Waals surface area contributed by atoms with E-state index in [2.05, 4.69) is 15.6 Å². The average molecular weight is 375 g/mol. The van der Waals surface area contributed by atoms with Crippen LogP contribution >= 0.6 is 0 Å². The first-order valence-electron chi connectivity index (χ1n) is 9.52. The van der Waals surface area contributed by atoms with E-state index in [9.17, 15) is 9.59 Å². The molecule has 0 saturated carbocycles. The van der Waals surface area contributed by atoms with Crippen LogP contribution in [0.2, 0.25) is 0 Å². The normalized spacial score (nSPS) is 11.8. The maximum Gasteiger partial charge on any atom is 0.253 e. The highest BCUT2D eigenvalue weighted by molar-refractivity contribution is 5.98. The lowest BCUT2D eigenvalue weighted by atomic mass is 10.1. The fourth-order valence-electron chi connectivity index (χ4n) is 2.93. The molecule has 0 fully saturated rings. The Labute approximate surface area is 165 Å². The predicted molar refractivity (Wildman–Crippen MR) is 112 cm³/mol. The smallest absolute Gasteiger partial charge is 0.253 e. The first-order valence-corrected chi connectivity index (χ1v) is 9.52. The van der Waals surface area contributed by atoms with E-state index in [1.807, 2.05) is 75.4 Å². The van der Waals surface area contributed by atoms with Crippen LogP contribution in [-0.4, -0.2) is 16.8 Å². The third-order valence-corrected chi connectivity index (χ3v) is 4.87. The highest BCUT2D eigenvalue weighted by Gasteiger charge is 2.13. The van der Waals surface area contributed by atoms with Gasteiger partial charge in [0, 0.05) is 23.5 Å². The second kappa shape index (κ2) is 8.65. The molecule has 2 aromatic carbocycles. The summed E-state index contributed by atoms with van der Waals surface area (Å²) in [6, 6.07) is 17.1. The first-order chi connectivity index (χ1) is 13.5. The maximum absolute atomic E-state index is 12.7. The van der Waals surface area contributed by atoms with Crippen molar-refractivity contribution < 1.29 is 9.59 Å². The largest absolute Gasteiger partial charge is 0.348 e. The number of para-hydroxylation sites is 1. The average Bonchev–Trinajstić information content (AvgIpc) is 2.71. The summed E-state index contributed by atoms with van der Waals surface area (Å²) in [6.45, 7) is 6.10. The molecule has 28 heavy (non-hydrogen) atoms. The summed E-state index contributed by atoms with van der Waals surface area (Å²) in [5, 5.41) is 6.80. The van der Waals surface area contributed by atoms with Crippen molar-refractivity contribution in [1.29, 1.82) is 0 Å². The Bertz CT molecular complexity index is 1010. The molecule has 0 saturated heterocycles. The van der Waals surface area contributed by atoms with Gasteiger partial charge in [-0.25, -0.2) is 0 Å². The number of hydrogen-bond acceptors (Lipinski definition) is 3. The Morgan fingerprint density at radius 3 is 2.64 bits per heavy atom. The van der Waals surface area contributed by atoms with E-state index in [0.717, 1.165) is 28.6 Å². The van der Waals surface area contributed by atoms with E-state index >= 15 is 0 Å². The van der Waals surface area contributed by atoms with E-state index in [0.29, 0.717) is 17.8 Å². The molecule has 144 valence electrons. The van der Waals surface area contributed by atoms with Gasteiger partial charge in [-0.2, -0.15) is 0 Å². The number of nitrogens with zero attached hydrogens (tertiary/aromatic N) is 1. The van der Waals surface area contributed by atoms with Crippen LogP contribution in [0.5, 0.6) is 0 Å². The zero-order valence-corrected chi connectivity index (χ0v) is 16.5. The highest BCUT2D eigenvalue weighted by Crippen LogP contribution is 2.17. The minimum atomic E-state index is -0.162. The molecule has 0 aliphatic carbocycles. The Morgan fingerprint density at radius 2 is 1.86 bits per heavy atom. The van der Waals surface area contributed by atoms with Gasteiger partial charge in [0.2, 0.25) is 5.91 Å². The molecule has 1 heterocycles. The van der Waals surface area contributed by atoms with Crippen molar-refractivity contribution in [2.75, 3.05) is 5.32 Å². The van der Waals surface area contributed by atoms with Crippen LogP contribution in [0.3, 0.4) is 0 Å². The van der Waals surface area contributed by atoms with Gasteiger partial charge in [-0.05, 0) is 43.2 Å². The number of carbonyl (C=O) groups is 2. The van der Waals surface area contributed by atoms with Crippen LogP contribution in [0.25, 0.3) is 10.9 Å². The van der Waals surface area contributed by atoms with Gasteiger partial charge in [-0.3, -0.25) is 14.6 Å². The van der Waals surface area contributed by atoms with E-state index in [-0.39, 0.29) is 17.7 Å². The standard InChI is InChI=1S/C23H25N3O2/c1-4-15(2)22(27)26-19-10-7-8-17(12-19)14-24-23(28)20-13-18-9-5-6-11-21(18)25-16(20)3/h5-13,15H,4,14H2,1-3H3,(H,24,28)(H,26,27). The number of aromatic nitrogens is 1. The molecule has 0 radical (unpaired) electrons. The first kappa shape index (κ1) is 19.5. The fraction of sp³-hybridized carbons (Fsp3) is 0.261. The van der Waals surface area contributed by atoms with Gasteiger partial charge in [-0.15, -0.1) is 0 Å². The third kappa shape index (κ3) is 4.55. The number of benzene rings is 2. The Kier molecular flexibility index (Phi) is 6.04. The number of rotatable bonds is 6. The summed E-state index contributed by atoms with van der Waals surface area (Å²) in [6.07, 6.45) is 0.792. The van der Waals surface area contributed by atoms with Crippen LogP contribution in [-0.2, 0) is 11.3 Å². The van der Waals surface area contributed by atoms with Gasteiger partial charge >= 0.3 is 0 Å². The number of anilines is 1. The number of pyridine rings is 1. The van der Waals surface area contributed by atoms with Crippen molar-refractivity contribution in [3.8, 4) is 0 Å². The van der Waals surface area contributed by atoms with Crippen molar-refractivity contribution in [3.05, 3.63) is 71.4 Å². The number of amides is 2. The minimum absolute atomic E-state index is 0.00143. The van der Waals surface area contributed by atoms with Crippen LogP contribution in [0.4, 0.5) is 5.69 Å². The molecule has 2 amide bonds. The molecule has 3 aromatic rings. The SMILES string of the molecule is CCC(C)C(=O)Nc1cccc(CNC(=O)c2cc3ccccc3nc2C)c1. The Morgan fingerprint density at radius 1 is 1.07 bits per heavy atom. The summed E-state index contributed by atoms with van der Waals surface area (Å²) in [4.78, 5) is 29.2. The lowest BCUT2D eigenvalue weighted by molar-refractivity contribution is -0.119. The van der Waals surface area contributed by atoms with Crippen molar-refractivity contribution in [3.63, 3.8) is 0 Å². The second-order valence-corrected chi connectivity index (χ2v) is 7.00. The molecular weight excluding hydrogens is 350 g/mol. The summed E-state index contributed by atoms with van der Waals surface area (Å²) >= 11 is 0. The third-order valence-electron chi connectivity index (χ3n) is 4.87. The second-order valence-electron chi connectivity index (χ2n) is 7.00. The van der Waals surface area contributed by atoms with E-state index < -0.39 is 0 Å². The number of nitrogens with one attached hydrogen (secondary N) is 2. The Balaban J connectivity index is 1.69. The molecule has 5 heteroatoms. The summed E-state index contributed by atoms with van der Waals surface area (Å²) in [5.74, 6) is -0.196. The number of aryl methyl sites for hydroxylation is 1. The summed E-state index contributed by atoms with van der Waals surface area (Å²) in [5.41, 5.74) is 3.80. The van der Waals surface area contributed by atoms with E-state index in [1.165, 1.54) is 0 Å². The van der Waals surface area contributed by atoms with Crippen LogP contribution < -0.4 is 10.6 Å². The number of carbonyl (C=O) groups excluding carboxylic acids is 2. The highest BCUT2D eigenvalue weighted by atomic mass is 16.2. The molecule has 0 bridgehead atoms. The van der Waals surface area contributed by atoms with Crippen molar-refractivity contribution in [2.24, 2.45) is 5.92 Å². The molecular formula is C23H25N3O2. The van der Waals surface area contributed by atoms with Gasteiger partial charge < -0.3 is 10.6 Å². The Hall–Kier alpha value is -3.21. The monoisotopic (exact) mass is 375 g/mol. The van der Waals surface area contributed by atoms with E-state index in [4.69, 9.17) is 0 Å². The molecule has 0 aliphatic heterocycles. The van der Waals surface area contributed by atoms with Crippen molar-refractivity contribution >= 4 is 28.4 Å². The van der Waals surface area contributed by atoms with Gasteiger partial charge in [0.1, 0.15) is 0 Å². The summed E-state index contributed by atoms with van der Waals surface area (Å²) in [7, 11) is 0. The van der Waals surface area contributed by atoms with Crippen LogP contribution in [0, 0.1) is 12.8 Å². The fourth-order valence-corrected chi connectivity index (χ4v) is 2.93. The number of hydrogen-bond donors (Lipinski definition) is 2. The quantitative estimate of drug-likeness (QED) is 0.668. The molecule has 0 aliphatic rings. The maximum atomic E-state index is 12.7.